The number of amides is 1. The molecule has 0 fully saturated rings. The molecule has 0 unspecified atom stereocenters. The van der Waals surface area contributed by atoms with Gasteiger partial charge in [-0.25, -0.2) is 0 Å². The number of aryl methyl sites for hydroxylation is 2. The van der Waals surface area contributed by atoms with E-state index in [1.807, 2.05) is 73.0 Å². The third-order valence-electron chi connectivity index (χ3n) is 4.83. The largest absolute Gasteiger partial charge is 0.325 e. The number of halogens is 1. The maximum Gasteiger partial charge on any atom is 0.234 e. The van der Waals surface area contributed by atoms with Gasteiger partial charge in [0.2, 0.25) is 5.91 Å². The van der Waals surface area contributed by atoms with E-state index in [2.05, 4.69) is 33.7 Å². The first kappa shape index (κ1) is 22.1. The number of aromatic nitrogens is 3. The van der Waals surface area contributed by atoms with Crippen molar-refractivity contribution in [3.8, 4) is 5.69 Å². The average Bonchev–Trinajstić information content (AvgIpc) is 3.15. The molecule has 0 saturated heterocycles. The summed E-state index contributed by atoms with van der Waals surface area (Å²) in [6.45, 7) is 4.03. The monoisotopic (exact) mass is 462 g/mol. The second-order valence-corrected chi connectivity index (χ2v) is 8.97. The number of hydrogen-bond acceptors (Lipinski definition) is 4. The molecule has 4 aromatic rings. The highest BCUT2D eigenvalue weighted by Crippen LogP contribution is 2.25. The van der Waals surface area contributed by atoms with Gasteiger partial charge in [0.15, 0.2) is 5.16 Å². The molecular weight excluding hydrogens is 440 g/mol. The van der Waals surface area contributed by atoms with Crippen molar-refractivity contribution in [3.05, 3.63) is 100 Å². The van der Waals surface area contributed by atoms with E-state index < -0.39 is 0 Å². The summed E-state index contributed by atoms with van der Waals surface area (Å²) in [4.78, 5) is 12.6. The van der Waals surface area contributed by atoms with E-state index in [0.717, 1.165) is 33.9 Å². The molecule has 0 bridgehead atoms. The van der Waals surface area contributed by atoms with Gasteiger partial charge in [0.1, 0.15) is 5.82 Å². The SMILES string of the molecule is Cc1cc(C)cc(NC(=O)CSc2nnc(Cc3ccccc3)n2-c2ccc(Cl)cc2)c1. The molecular formula is C25H23ClN4OS. The van der Waals surface area contributed by atoms with E-state index in [1.165, 1.54) is 11.8 Å². The van der Waals surface area contributed by atoms with Crippen LogP contribution < -0.4 is 5.32 Å². The van der Waals surface area contributed by atoms with Crippen LogP contribution >= 0.6 is 23.4 Å². The minimum absolute atomic E-state index is 0.0877. The Kier molecular flexibility index (Phi) is 6.93. The van der Waals surface area contributed by atoms with Gasteiger partial charge in [-0.3, -0.25) is 9.36 Å². The molecule has 3 aromatic carbocycles. The Bertz CT molecular complexity index is 1200. The minimum atomic E-state index is -0.0877. The van der Waals surface area contributed by atoms with Crippen LogP contribution in [0.2, 0.25) is 5.02 Å². The molecule has 1 heterocycles. The maximum absolute atomic E-state index is 12.6. The highest BCUT2D eigenvalue weighted by molar-refractivity contribution is 7.99. The highest BCUT2D eigenvalue weighted by Gasteiger charge is 2.16. The summed E-state index contributed by atoms with van der Waals surface area (Å²) in [6, 6.07) is 23.7. The predicted molar refractivity (Wildman–Crippen MR) is 131 cm³/mol. The van der Waals surface area contributed by atoms with Crippen molar-refractivity contribution in [1.82, 2.24) is 14.8 Å². The lowest BCUT2D eigenvalue weighted by Crippen LogP contribution is -2.15. The number of thioether (sulfide) groups is 1. The first-order valence-electron chi connectivity index (χ1n) is 10.2. The normalized spacial score (nSPS) is 10.8. The van der Waals surface area contributed by atoms with Gasteiger partial charge < -0.3 is 5.32 Å². The van der Waals surface area contributed by atoms with Gasteiger partial charge in [-0.2, -0.15) is 0 Å². The Morgan fingerprint density at radius 2 is 1.66 bits per heavy atom. The molecule has 0 aliphatic heterocycles. The lowest BCUT2D eigenvalue weighted by atomic mass is 10.1. The summed E-state index contributed by atoms with van der Waals surface area (Å²) in [6.07, 6.45) is 0.631. The molecule has 5 nitrogen and oxygen atoms in total. The van der Waals surface area contributed by atoms with Crippen molar-refractivity contribution in [3.63, 3.8) is 0 Å². The zero-order chi connectivity index (χ0) is 22.5. The van der Waals surface area contributed by atoms with Crippen LogP contribution in [-0.2, 0) is 11.2 Å². The van der Waals surface area contributed by atoms with Gasteiger partial charge in [-0.05, 0) is 66.9 Å². The number of anilines is 1. The minimum Gasteiger partial charge on any atom is -0.325 e. The summed E-state index contributed by atoms with van der Waals surface area (Å²) in [5.74, 6) is 0.940. The number of nitrogens with one attached hydrogen (secondary N) is 1. The van der Waals surface area contributed by atoms with Crippen LogP contribution in [0, 0.1) is 13.8 Å². The van der Waals surface area contributed by atoms with E-state index in [1.54, 1.807) is 0 Å². The number of benzene rings is 3. The molecule has 7 heteroatoms. The summed E-state index contributed by atoms with van der Waals surface area (Å²) in [5, 5.41) is 13.1. The van der Waals surface area contributed by atoms with Gasteiger partial charge in [0.05, 0.1) is 5.75 Å². The molecule has 4 rings (SSSR count). The zero-order valence-corrected chi connectivity index (χ0v) is 19.5. The van der Waals surface area contributed by atoms with Crippen molar-refractivity contribution in [2.75, 3.05) is 11.1 Å². The third kappa shape index (κ3) is 5.58. The molecule has 0 aliphatic carbocycles. The first-order valence-corrected chi connectivity index (χ1v) is 11.6. The predicted octanol–water partition coefficient (Wildman–Crippen LogP) is 5.86. The average molecular weight is 463 g/mol. The van der Waals surface area contributed by atoms with Crippen molar-refractivity contribution in [2.24, 2.45) is 0 Å². The van der Waals surface area contributed by atoms with Gasteiger partial charge in [0, 0.05) is 22.8 Å². The topological polar surface area (TPSA) is 59.8 Å². The van der Waals surface area contributed by atoms with Gasteiger partial charge >= 0.3 is 0 Å². The summed E-state index contributed by atoms with van der Waals surface area (Å²) < 4.78 is 1.98. The smallest absolute Gasteiger partial charge is 0.234 e. The second-order valence-electron chi connectivity index (χ2n) is 7.59. The van der Waals surface area contributed by atoms with Crippen LogP contribution in [0.25, 0.3) is 5.69 Å². The Labute approximate surface area is 196 Å². The summed E-state index contributed by atoms with van der Waals surface area (Å²) in [5.41, 5.74) is 5.07. The van der Waals surface area contributed by atoms with E-state index in [4.69, 9.17) is 11.6 Å². The molecule has 0 spiro atoms. The van der Waals surface area contributed by atoms with Crippen molar-refractivity contribution >= 4 is 35.0 Å². The van der Waals surface area contributed by atoms with Crippen molar-refractivity contribution in [2.45, 2.75) is 25.4 Å². The van der Waals surface area contributed by atoms with Crippen LogP contribution in [-0.4, -0.2) is 26.4 Å². The Morgan fingerprint density at radius 3 is 2.34 bits per heavy atom. The van der Waals surface area contributed by atoms with Crippen LogP contribution in [0.15, 0.2) is 78.0 Å². The molecule has 0 radical (unpaired) electrons. The Balaban J connectivity index is 1.55. The van der Waals surface area contributed by atoms with Gasteiger partial charge in [-0.1, -0.05) is 59.8 Å². The fraction of sp³-hybridized carbons (Fsp3) is 0.160. The molecule has 0 aliphatic rings. The number of hydrogen-bond donors (Lipinski definition) is 1. The second kappa shape index (κ2) is 10.0. The van der Waals surface area contributed by atoms with Crippen LogP contribution in [0.4, 0.5) is 5.69 Å². The highest BCUT2D eigenvalue weighted by atomic mass is 35.5. The van der Waals surface area contributed by atoms with Crippen LogP contribution in [0.1, 0.15) is 22.5 Å². The molecule has 162 valence electrons. The Morgan fingerprint density at radius 1 is 0.969 bits per heavy atom. The standard InChI is InChI=1S/C25H23ClN4OS/c1-17-12-18(2)14-21(13-17)27-24(31)16-32-25-29-28-23(15-19-6-4-3-5-7-19)30(25)22-10-8-20(26)9-11-22/h3-14H,15-16H2,1-2H3,(H,27,31). The third-order valence-corrected chi connectivity index (χ3v) is 6.01. The van der Waals surface area contributed by atoms with Crippen molar-refractivity contribution < 1.29 is 4.79 Å². The number of nitrogens with zero attached hydrogens (tertiary/aromatic N) is 3. The van der Waals surface area contributed by atoms with Crippen LogP contribution in [0.3, 0.4) is 0 Å². The van der Waals surface area contributed by atoms with Gasteiger partial charge in [-0.15, -0.1) is 10.2 Å². The first-order chi connectivity index (χ1) is 15.5. The van der Waals surface area contributed by atoms with E-state index >= 15 is 0 Å². The van der Waals surface area contributed by atoms with E-state index in [9.17, 15) is 4.79 Å². The number of carbonyl (C=O) groups is 1. The quantitative estimate of drug-likeness (QED) is 0.349. The summed E-state index contributed by atoms with van der Waals surface area (Å²) >= 11 is 7.44. The van der Waals surface area contributed by atoms with E-state index in [0.29, 0.717) is 16.6 Å². The van der Waals surface area contributed by atoms with Crippen molar-refractivity contribution in [1.29, 1.82) is 0 Å². The van der Waals surface area contributed by atoms with E-state index in [-0.39, 0.29) is 11.7 Å². The molecule has 0 saturated carbocycles. The molecule has 1 aromatic heterocycles. The fourth-order valence-corrected chi connectivity index (χ4v) is 4.41. The molecule has 0 atom stereocenters. The lowest BCUT2D eigenvalue weighted by molar-refractivity contribution is -0.113. The number of rotatable bonds is 7. The molecule has 32 heavy (non-hydrogen) atoms. The Hall–Kier alpha value is -3.09. The fourth-order valence-electron chi connectivity index (χ4n) is 3.51. The zero-order valence-electron chi connectivity index (χ0n) is 17.9. The summed E-state index contributed by atoms with van der Waals surface area (Å²) in [7, 11) is 0. The maximum atomic E-state index is 12.6. The van der Waals surface area contributed by atoms with Gasteiger partial charge in [0.25, 0.3) is 0 Å². The molecule has 1 N–H and O–H groups in total. The number of carbonyl (C=O) groups excluding carboxylic acids is 1. The lowest BCUT2D eigenvalue weighted by Gasteiger charge is -2.11. The molecule has 1 amide bonds. The van der Waals surface area contributed by atoms with Crippen LogP contribution in [0.5, 0.6) is 0 Å².